The van der Waals surface area contributed by atoms with Crippen molar-refractivity contribution in [2.24, 2.45) is 7.05 Å². The van der Waals surface area contributed by atoms with E-state index in [2.05, 4.69) is 5.32 Å². The SMILES string of the molecule is COC(=O)C(C)(C)NCc1cccn1C. The van der Waals surface area contributed by atoms with E-state index in [0.717, 1.165) is 5.69 Å². The summed E-state index contributed by atoms with van der Waals surface area (Å²) < 4.78 is 6.72. The summed E-state index contributed by atoms with van der Waals surface area (Å²) in [6.45, 7) is 4.26. The molecule has 0 atom stereocenters. The van der Waals surface area contributed by atoms with E-state index >= 15 is 0 Å². The van der Waals surface area contributed by atoms with Crippen LogP contribution in [0.5, 0.6) is 0 Å². The second-order valence-electron chi connectivity index (χ2n) is 4.08. The number of rotatable bonds is 4. The van der Waals surface area contributed by atoms with Crippen LogP contribution in [-0.4, -0.2) is 23.2 Å². The van der Waals surface area contributed by atoms with Crippen molar-refractivity contribution < 1.29 is 9.53 Å². The van der Waals surface area contributed by atoms with E-state index < -0.39 is 5.54 Å². The molecular formula is C11H18N2O2. The van der Waals surface area contributed by atoms with Crippen molar-refractivity contribution in [3.05, 3.63) is 24.0 Å². The first-order valence-corrected chi connectivity index (χ1v) is 4.91. The molecule has 1 rings (SSSR count). The van der Waals surface area contributed by atoms with Crippen LogP contribution in [0, 0.1) is 0 Å². The Morgan fingerprint density at radius 3 is 2.73 bits per heavy atom. The Morgan fingerprint density at radius 2 is 2.27 bits per heavy atom. The van der Waals surface area contributed by atoms with Gasteiger partial charge in [0.2, 0.25) is 0 Å². The molecule has 84 valence electrons. The molecule has 0 aromatic carbocycles. The lowest BCUT2D eigenvalue weighted by Crippen LogP contribution is -2.47. The fraction of sp³-hybridized carbons (Fsp3) is 0.545. The van der Waals surface area contributed by atoms with E-state index in [9.17, 15) is 4.79 Å². The summed E-state index contributed by atoms with van der Waals surface area (Å²) >= 11 is 0. The maximum Gasteiger partial charge on any atom is 0.325 e. The third kappa shape index (κ3) is 2.83. The number of carbonyl (C=O) groups excluding carboxylic acids is 1. The highest BCUT2D eigenvalue weighted by molar-refractivity contribution is 5.79. The smallest absolute Gasteiger partial charge is 0.325 e. The van der Waals surface area contributed by atoms with Crippen LogP contribution in [-0.2, 0) is 23.1 Å². The average Bonchev–Trinajstić information content (AvgIpc) is 2.60. The van der Waals surface area contributed by atoms with Crippen LogP contribution in [0.4, 0.5) is 0 Å². The minimum Gasteiger partial charge on any atom is -0.468 e. The molecule has 4 heteroatoms. The minimum absolute atomic E-state index is 0.253. The highest BCUT2D eigenvalue weighted by Crippen LogP contribution is 2.07. The lowest BCUT2D eigenvalue weighted by atomic mass is 10.1. The van der Waals surface area contributed by atoms with Gasteiger partial charge in [0.1, 0.15) is 5.54 Å². The fourth-order valence-electron chi connectivity index (χ4n) is 1.32. The molecule has 0 aliphatic rings. The van der Waals surface area contributed by atoms with Crippen LogP contribution in [0.1, 0.15) is 19.5 Å². The lowest BCUT2D eigenvalue weighted by molar-refractivity contribution is -0.147. The van der Waals surface area contributed by atoms with Gasteiger partial charge in [-0.3, -0.25) is 10.1 Å². The van der Waals surface area contributed by atoms with Gasteiger partial charge in [-0.15, -0.1) is 0 Å². The fourth-order valence-corrected chi connectivity index (χ4v) is 1.32. The van der Waals surface area contributed by atoms with Crippen molar-refractivity contribution in [3.8, 4) is 0 Å². The Kier molecular flexibility index (Phi) is 3.52. The molecule has 0 saturated carbocycles. The number of carbonyl (C=O) groups is 1. The number of esters is 1. The third-order valence-electron chi connectivity index (χ3n) is 2.46. The van der Waals surface area contributed by atoms with Gasteiger partial charge in [-0.1, -0.05) is 0 Å². The van der Waals surface area contributed by atoms with Gasteiger partial charge in [-0.05, 0) is 26.0 Å². The quantitative estimate of drug-likeness (QED) is 0.756. The van der Waals surface area contributed by atoms with E-state index in [1.807, 2.05) is 43.8 Å². The zero-order chi connectivity index (χ0) is 11.5. The van der Waals surface area contributed by atoms with Crippen molar-refractivity contribution >= 4 is 5.97 Å². The molecule has 1 aromatic rings. The van der Waals surface area contributed by atoms with Gasteiger partial charge in [0.25, 0.3) is 0 Å². The largest absolute Gasteiger partial charge is 0.468 e. The van der Waals surface area contributed by atoms with Gasteiger partial charge in [0, 0.05) is 25.5 Å². The van der Waals surface area contributed by atoms with Crippen LogP contribution in [0.2, 0.25) is 0 Å². The van der Waals surface area contributed by atoms with E-state index in [1.165, 1.54) is 7.11 Å². The molecule has 0 radical (unpaired) electrons. The van der Waals surface area contributed by atoms with E-state index in [-0.39, 0.29) is 5.97 Å². The molecular weight excluding hydrogens is 192 g/mol. The highest BCUT2D eigenvalue weighted by atomic mass is 16.5. The molecule has 0 saturated heterocycles. The molecule has 1 N–H and O–H groups in total. The zero-order valence-corrected chi connectivity index (χ0v) is 9.70. The third-order valence-corrected chi connectivity index (χ3v) is 2.46. The monoisotopic (exact) mass is 210 g/mol. The number of aromatic nitrogens is 1. The first kappa shape index (κ1) is 11.8. The van der Waals surface area contributed by atoms with Gasteiger partial charge in [-0.25, -0.2) is 0 Å². The molecule has 0 bridgehead atoms. The molecule has 0 unspecified atom stereocenters. The molecule has 15 heavy (non-hydrogen) atoms. The van der Waals surface area contributed by atoms with Crippen LogP contribution in [0.15, 0.2) is 18.3 Å². The Labute approximate surface area is 90.2 Å². The summed E-state index contributed by atoms with van der Waals surface area (Å²) in [6.07, 6.45) is 1.97. The van der Waals surface area contributed by atoms with Crippen molar-refractivity contribution in [1.29, 1.82) is 0 Å². The summed E-state index contributed by atoms with van der Waals surface area (Å²) in [5, 5.41) is 3.16. The Hall–Kier alpha value is -1.29. The predicted octanol–water partition coefficient (Wildman–Crippen LogP) is 1.07. The lowest BCUT2D eigenvalue weighted by Gasteiger charge is -2.23. The van der Waals surface area contributed by atoms with E-state index in [1.54, 1.807) is 0 Å². The summed E-state index contributed by atoms with van der Waals surface area (Å²) in [6, 6.07) is 3.99. The molecule has 0 amide bonds. The molecule has 0 spiro atoms. The molecule has 0 fully saturated rings. The normalized spacial score (nSPS) is 11.5. The summed E-state index contributed by atoms with van der Waals surface area (Å²) in [5.41, 5.74) is 0.478. The molecule has 4 nitrogen and oxygen atoms in total. The number of hydrogen-bond acceptors (Lipinski definition) is 3. The molecule has 0 aliphatic heterocycles. The second-order valence-corrected chi connectivity index (χ2v) is 4.08. The van der Waals surface area contributed by atoms with Gasteiger partial charge < -0.3 is 9.30 Å². The van der Waals surface area contributed by atoms with Crippen molar-refractivity contribution in [1.82, 2.24) is 9.88 Å². The Morgan fingerprint density at radius 1 is 1.60 bits per heavy atom. The van der Waals surface area contributed by atoms with E-state index in [0.29, 0.717) is 6.54 Å². The minimum atomic E-state index is -0.654. The van der Waals surface area contributed by atoms with Gasteiger partial charge in [0.15, 0.2) is 0 Å². The predicted molar refractivity (Wildman–Crippen MR) is 58.3 cm³/mol. The average molecular weight is 210 g/mol. The maximum absolute atomic E-state index is 11.4. The highest BCUT2D eigenvalue weighted by Gasteiger charge is 2.27. The van der Waals surface area contributed by atoms with Crippen LogP contribution >= 0.6 is 0 Å². The number of hydrogen-bond donors (Lipinski definition) is 1. The Balaban J connectivity index is 2.57. The molecule has 1 heterocycles. The molecule has 0 aliphatic carbocycles. The number of aryl methyl sites for hydroxylation is 1. The Bertz CT molecular complexity index is 342. The number of methoxy groups -OCH3 is 1. The number of nitrogens with one attached hydrogen (secondary N) is 1. The van der Waals surface area contributed by atoms with Gasteiger partial charge in [-0.2, -0.15) is 0 Å². The van der Waals surface area contributed by atoms with Gasteiger partial charge >= 0.3 is 5.97 Å². The second kappa shape index (κ2) is 4.49. The maximum atomic E-state index is 11.4. The van der Waals surface area contributed by atoms with Gasteiger partial charge in [0.05, 0.1) is 7.11 Å². The molecule has 1 aromatic heterocycles. The van der Waals surface area contributed by atoms with Crippen LogP contribution in [0.3, 0.4) is 0 Å². The number of nitrogens with zero attached hydrogens (tertiary/aromatic N) is 1. The van der Waals surface area contributed by atoms with E-state index in [4.69, 9.17) is 4.74 Å². The first-order chi connectivity index (χ1) is 6.97. The van der Waals surface area contributed by atoms with Crippen LogP contribution in [0.25, 0.3) is 0 Å². The van der Waals surface area contributed by atoms with Crippen LogP contribution < -0.4 is 5.32 Å². The standard InChI is InChI=1S/C11H18N2O2/c1-11(2,10(14)15-4)12-8-9-6-5-7-13(9)3/h5-7,12H,8H2,1-4H3. The van der Waals surface area contributed by atoms with Crippen molar-refractivity contribution in [2.75, 3.05) is 7.11 Å². The topological polar surface area (TPSA) is 43.3 Å². The number of ether oxygens (including phenoxy) is 1. The summed E-state index contributed by atoms with van der Waals surface area (Å²) in [7, 11) is 3.37. The zero-order valence-electron chi connectivity index (χ0n) is 9.70. The van der Waals surface area contributed by atoms with Crippen molar-refractivity contribution in [3.63, 3.8) is 0 Å². The van der Waals surface area contributed by atoms with Crippen molar-refractivity contribution in [2.45, 2.75) is 25.9 Å². The summed E-state index contributed by atoms with van der Waals surface area (Å²) in [5.74, 6) is -0.253. The summed E-state index contributed by atoms with van der Waals surface area (Å²) in [4.78, 5) is 11.4. The first-order valence-electron chi connectivity index (χ1n) is 4.91.